The maximum Gasteiger partial charge on any atom is 0.297 e. The van der Waals surface area contributed by atoms with Crippen LogP contribution in [0.4, 0.5) is 5.69 Å². The van der Waals surface area contributed by atoms with Gasteiger partial charge >= 0.3 is 0 Å². The molecule has 2 aromatic carbocycles. The molecule has 1 heterocycles. The van der Waals surface area contributed by atoms with Crippen molar-refractivity contribution in [1.29, 1.82) is 0 Å². The van der Waals surface area contributed by atoms with Gasteiger partial charge in [0.2, 0.25) is 0 Å². The monoisotopic (exact) mass is 300 g/mol. The molecule has 0 aliphatic heterocycles. The van der Waals surface area contributed by atoms with Gasteiger partial charge in [0, 0.05) is 11.8 Å². The molecule has 0 radical (unpaired) electrons. The molecule has 3 rings (SSSR count). The Balaban J connectivity index is 2.20. The number of nitro benzene ring substituents is 1. The first kappa shape index (κ1) is 13.3. The van der Waals surface area contributed by atoms with E-state index in [0.717, 1.165) is 0 Å². The standard InChI is InChI=1S/C15H9ClN2O3/c16-12-6-7-13-11(14(12)18(20)21)8-9-17(13)15(19)10-4-2-1-3-5-10/h1-9H. The Morgan fingerprint density at radius 2 is 1.81 bits per heavy atom. The van der Waals surface area contributed by atoms with Gasteiger partial charge in [-0.3, -0.25) is 19.5 Å². The van der Waals surface area contributed by atoms with Crippen LogP contribution >= 0.6 is 11.6 Å². The Morgan fingerprint density at radius 1 is 1.10 bits per heavy atom. The maximum absolute atomic E-state index is 12.4. The lowest BCUT2D eigenvalue weighted by molar-refractivity contribution is -0.382. The predicted octanol–water partition coefficient (Wildman–Crippen LogP) is 3.89. The molecule has 21 heavy (non-hydrogen) atoms. The van der Waals surface area contributed by atoms with E-state index in [0.29, 0.717) is 16.5 Å². The van der Waals surface area contributed by atoms with Crippen LogP contribution < -0.4 is 0 Å². The van der Waals surface area contributed by atoms with Crippen molar-refractivity contribution in [3.8, 4) is 0 Å². The summed E-state index contributed by atoms with van der Waals surface area (Å²) < 4.78 is 1.38. The minimum absolute atomic E-state index is 0.0532. The van der Waals surface area contributed by atoms with E-state index in [1.165, 1.54) is 22.9 Å². The van der Waals surface area contributed by atoms with Crippen LogP contribution in [-0.4, -0.2) is 15.4 Å². The summed E-state index contributed by atoms with van der Waals surface area (Å²) in [6, 6.07) is 13.3. The predicted molar refractivity (Wildman–Crippen MR) is 79.8 cm³/mol. The molecule has 3 aromatic rings. The zero-order chi connectivity index (χ0) is 15.0. The quantitative estimate of drug-likeness (QED) is 0.532. The molecule has 104 valence electrons. The highest BCUT2D eigenvalue weighted by Gasteiger charge is 2.21. The summed E-state index contributed by atoms with van der Waals surface area (Å²) in [6.07, 6.45) is 1.52. The summed E-state index contributed by atoms with van der Waals surface area (Å²) >= 11 is 5.87. The first-order chi connectivity index (χ1) is 10.1. The van der Waals surface area contributed by atoms with E-state index in [2.05, 4.69) is 0 Å². The topological polar surface area (TPSA) is 65.1 Å². The lowest BCUT2D eigenvalue weighted by Crippen LogP contribution is -2.10. The van der Waals surface area contributed by atoms with Crippen molar-refractivity contribution in [1.82, 2.24) is 4.57 Å². The Morgan fingerprint density at radius 3 is 2.48 bits per heavy atom. The van der Waals surface area contributed by atoms with E-state index in [1.807, 2.05) is 6.07 Å². The van der Waals surface area contributed by atoms with Gasteiger partial charge in [-0.2, -0.15) is 0 Å². The lowest BCUT2D eigenvalue weighted by Gasteiger charge is -2.04. The van der Waals surface area contributed by atoms with Crippen LogP contribution in [-0.2, 0) is 0 Å². The molecule has 0 amide bonds. The number of benzene rings is 2. The molecule has 0 atom stereocenters. The van der Waals surface area contributed by atoms with Gasteiger partial charge in [-0.25, -0.2) is 0 Å². The fourth-order valence-corrected chi connectivity index (χ4v) is 2.49. The Hall–Kier alpha value is -2.66. The second-order valence-corrected chi connectivity index (χ2v) is 4.85. The van der Waals surface area contributed by atoms with Gasteiger partial charge < -0.3 is 0 Å². The summed E-state index contributed by atoms with van der Waals surface area (Å²) in [6.45, 7) is 0. The zero-order valence-corrected chi connectivity index (χ0v) is 11.4. The van der Waals surface area contributed by atoms with Crippen molar-refractivity contribution < 1.29 is 9.72 Å². The number of hydrogen-bond donors (Lipinski definition) is 0. The SMILES string of the molecule is O=C(c1ccccc1)n1ccc2c([N+](=O)[O-])c(Cl)ccc21. The van der Waals surface area contributed by atoms with Gasteiger partial charge in [0.1, 0.15) is 5.02 Å². The average Bonchev–Trinajstić information content (AvgIpc) is 2.90. The van der Waals surface area contributed by atoms with Gasteiger partial charge in [0.25, 0.3) is 11.6 Å². The second kappa shape index (κ2) is 5.03. The van der Waals surface area contributed by atoms with Gasteiger partial charge in [-0.1, -0.05) is 29.8 Å². The lowest BCUT2D eigenvalue weighted by atomic mass is 10.2. The third-order valence-electron chi connectivity index (χ3n) is 3.22. The zero-order valence-electron chi connectivity index (χ0n) is 10.7. The summed E-state index contributed by atoms with van der Waals surface area (Å²) in [7, 11) is 0. The van der Waals surface area contributed by atoms with E-state index in [4.69, 9.17) is 11.6 Å². The molecular weight excluding hydrogens is 292 g/mol. The Bertz CT molecular complexity index is 856. The molecule has 0 unspecified atom stereocenters. The highest BCUT2D eigenvalue weighted by atomic mass is 35.5. The highest BCUT2D eigenvalue weighted by Crippen LogP contribution is 2.33. The molecule has 0 N–H and O–H groups in total. The van der Waals surface area contributed by atoms with Crippen molar-refractivity contribution in [2.75, 3.05) is 0 Å². The van der Waals surface area contributed by atoms with Gasteiger partial charge in [0.05, 0.1) is 15.8 Å². The van der Waals surface area contributed by atoms with Crippen LogP contribution in [0, 0.1) is 10.1 Å². The van der Waals surface area contributed by atoms with Crippen molar-refractivity contribution in [2.45, 2.75) is 0 Å². The molecular formula is C15H9ClN2O3. The van der Waals surface area contributed by atoms with Crippen LogP contribution in [0.5, 0.6) is 0 Å². The number of carbonyl (C=O) groups excluding carboxylic acids is 1. The van der Waals surface area contributed by atoms with Gasteiger partial charge in [-0.05, 0) is 30.3 Å². The molecule has 1 aromatic heterocycles. The van der Waals surface area contributed by atoms with Crippen LogP contribution in [0.1, 0.15) is 10.4 Å². The van der Waals surface area contributed by atoms with E-state index in [-0.39, 0.29) is 16.6 Å². The van der Waals surface area contributed by atoms with Crippen molar-refractivity contribution in [3.05, 3.63) is 75.4 Å². The fraction of sp³-hybridized carbons (Fsp3) is 0. The number of aromatic nitrogens is 1. The Kier molecular flexibility index (Phi) is 3.19. The maximum atomic E-state index is 12.4. The molecule has 6 heteroatoms. The van der Waals surface area contributed by atoms with Gasteiger partial charge in [0.15, 0.2) is 0 Å². The van der Waals surface area contributed by atoms with Crippen LogP contribution in [0.3, 0.4) is 0 Å². The third kappa shape index (κ3) is 2.17. The minimum Gasteiger partial charge on any atom is -0.283 e. The van der Waals surface area contributed by atoms with E-state index in [1.54, 1.807) is 30.3 Å². The summed E-state index contributed by atoms with van der Waals surface area (Å²) in [5, 5.41) is 11.5. The van der Waals surface area contributed by atoms with E-state index >= 15 is 0 Å². The average molecular weight is 301 g/mol. The van der Waals surface area contributed by atoms with Crippen LogP contribution in [0.25, 0.3) is 10.9 Å². The molecule has 0 saturated carbocycles. The number of fused-ring (bicyclic) bond motifs is 1. The smallest absolute Gasteiger partial charge is 0.283 e. The normalized spacial score (nSPS) is 10.7. The van der Waals surface area contributed by atoms with E-state index < -0.39 is 4.92 Å². The largest absolute Gasteiger partial charge is 0.297 e. The first-order valence-electron chi connectivity index (χ1n) is 6.13. The molecule has 0 fully saturated rings. The third-order valence-corrected chi connectivity index (χ3v) is 3.52. The molecule has 0 aliphatic carbocycles. The highest BCUT2D eigenvalue weighted by molar-refractivity contribution is 6.34. The summed E-state index contributed by atoms with van der Waals surface area (Å²) in [5.41, 5.74) is 0.779. The summed E-state index contributed by atoms with van der Waals surface area (Å²) in [5.74, 6) is -0.248. The molecule has 0 saturated heterocycles. The Labute approximate surface area is 124 Å². The van der Waals surface area contributed by atoms with Crippen LogP contribution in [0.15, 0.2) is 54.7 Å². The van der Waals surface area contributed by atoms with Crippen molar-refractivity contribution >= 4 is 34.1 Å². The number of nitrogens with zero attached hydrogens (tertiary/aromatic N) is 2. The van der Waals surface area contributed by atoms with Crippen molar-refractivity contribution in [3.63, 3.8) is 0 Å². The second-order valence-electron chi connectivity index (χ2n) is 4.44. The molecule has 0 bridgehead atoms. The molecule has 0 aliphatic rings. The fourth-order valence-electron chi connectivity index (χ4n) is 2.26. The number of rotatable bonds is 2. The van der Waals surface area contributed by atoms with Crippen molar-refractivity contribution in [2.24, 2.45) is 0 Å². The summed E-state index contributed by atoms with van der Waals surface area (Å²) in [4.78, 5) is 23.0. The van der Waals surface area contributed by atoms with Gasteiger partial charge in [-0.15, -0.1) is 0 Å². The molecule has 5 nitrogen and oxygen atoms in total. The van der Waals surface area contributed by atoms with Crippen LogP contribution in [0.2, 0.25) is 5.02 Å². The van der Waals surface area contributed by atoms with E-state index in [9.17, 15) is 14.9 Å². The number of carbonyl (C=O) groups is 1. The first-order valence-corrected chi connectivity index (χ1v) is 6.51. The number of hydrogen-bond acceptors (Lipinski definition) is 3. The number of halogens is 1. The molecule has 0 spiro atoms. The minimum atomic E-state index is -0.540. The number of nitro groups is 1.